The molecule has 0 fully saturated rings. The number of nitrogens with one attached hydrogen (secondary N) is 2. The van der Waals surface area contributed by atoms with E-state index in [-0.39, 0.29) is 0 Å². The lowest BCUT2D eigenvalue weighted by molar-refractivity contribution is 0.674. The number of H-pyrrole nitrogens is 1. The Hall–Kier alpha value is -1.28. The predicted molar refractivity (Wildman–Crippen MR) is 74.5 cm³/mol. The van der Waals surface area contributed by atoms with Crippen molar-refractivity contribution in [1.29, 1.82) is 0 Å². The Balaban J connectivity index is 2.11. The molecule has 0 spiro atoms. The van der Waals surface area contributed by atoms with Crippen molar-refractivity contribution in [3.8, 4) is 0 Å². The lowest BCUT2D eigenvalue weighted by Crippen LogP contribution is -2.14. The van der Waals surface area contributed by atoms with E-state index in [0.29, 0.717) is 0 Å². The highest BCUT2D eigenvalue weighted by Gasteiger charge is 2.03. The van der Waals surface area contributed by atoms with Crippen LogP contribution in [0.3, 0.4) is 0 Å². The Bertz CT molecular complexity index is 471. The van der Waals surface area contributed by atoms with Crippen LogP contribution in [0.5, 0.6) is 0 Å². The summed E-state index contributed by atoms with van der Waals surface area (Å²) in [5.74, 6) is 0. The van der Waals surface area contributed by atoms with Gasteiger partial charge in [0.15, 0.2) is 0 Å². The number of benzene rings is 1. The van der Waals surface area contributed by atoms with Crippen molar-refractivity contribution >= 4 is 10.9 Å². The summed E-state index contributed by atoms with van der Waals surface area (Å²) in [5, 5.41) is 4.77. The predicted octanol–water partition coefficient (Wildman–Crippen LogP) is 3.27. The SMILES string of the molecule is CCNCCCc1c[nH]c2ccc(CC)cc12. The molecule has 2 rings (SSSR count). The van der Waals surface area contributed by atoms with Crippen LogP contribution >= 0.6 is 0 Å². The van der Waals surface area contributed by atoms with Crippen LogP contribution in [0.25, 0.3) is 10.9 Å². The Morgan fingerprint density at radius 3 is 2.88 bits per heavy atom. The number of aromatic nitrogens is 1. The number of rotatable bonds is 6. The summed E-state index contributed by atoms with van der Waals surface area (Å²) in [4.78, 5) is 3.36. The normalized spacial score (nSPS) is 11.2. The van der Waals surface area contributed by atoms with Crippen LogP contribution in [-0.4, -0.2) is 18.1 Å². The Kier molecular flexibility index (Phi) is 4.21. The molecule has 2 nitrogen and oxygen atoms in total. The molecule has 1 aromatic heterocycles. The molecule has 0 radical (unpaired) electrons. The second-order valence-corrected chi connectivity index (χ2v) is 4.50. The number of aromatic amines is 1. The number of aryl methyl sites for hydroxylation is 2. The van der Waals surface area contributed by atoms with Gasteiger partial charge < -0.3 is 10.3 Å². The highest BCUT2D eigenvalue weighted by molar-refractivity contribution is 5.83. The first-order valence-electron chi connectivity index (χ1n) is 6.64. The van der Waals surface area contributed by atoms with E-state index in [2.05, 4.69) is 48.5 Å². The molecule has 2 heteroatoms. The van der Waals surface area contributed by atoms with E-state index in [1.54, 1.807) is 0 Å². The van der Waals surface area contributed by atoms with E-state index in [1.165, 1.54) is 28.5 Å². The minimum absolute atomic E-state index is 1.06. The molecule has 92 valence electrons. The van der Waals surface area contributed by atoms with Gasteiger partial charge in [-0.05, 0) is 55.6 Å². The molecule has 17 heavy (non-hydrogen) atoms. The molecule has 1 heterocycles. The summed E-state index contributed by atoms with van der Waals surface area (Å²) in [6.45, 7) is 6.53. The second-order valence-electron chi connectivity index (χ2n) is 4.50. The van der Waals surface area contributed by atoms with E-state index in [0.717, 1.165) is 25.9 Å². The van der Waals surface area contributed by atoms with Crippen LogP contribution in [0.15, 0.2) is 24.4 Å². The Labute approximate surface area is 103 Å². The van der Waals surface area contributed by atoms with Gasteiger partial charge in [-0.2, -0.15) is 0 Å². The molecule has 2 aromatic rings. The van der Waals surface area contributed by atoms with E-state index in [9.17, 15) is 0 Å². The molecule has 1 aromatic carbocycles. The number of fused-ring (bicyclic) bond motifs is 1. The van der Waals surface area contributed by atoms with Crippen molar-refractivity contribution in [1.82, 2.24) is 10.3 Å². The van der Waals surface area contributed by atoms with Crippen LogP contribution in [0, 0.1) is 0 Å². The Morgan fingerprint density at radius 1 is 1.24 bits per heavy atom. The van der Waals surface area contributed by atoms with Crippen LogP contribution in [0.4, 0.5) is 0 Å². The Morgan fingerprint density at radius 2 is 2.12 bits per heavy atom. The summed E-state index contributed by atoms with van der Waals surface area (Å²) in [6, 6.07) is 6.73. The molecule has 0 aliphatic rings. The van der Waals surface area contributed by atoms with E-state index < -0.39 is 0 Å². The fourth-order valence-electron chi connectivity index (χ4n) is 2.23. The highest BCUT2D eigenvalue weighted by atomic mass is 14.8. The van der Waals surface area contributed by atoms with Gasteiger partial charge in [0.25, 0.3) is 0 Å². The van der Waals surface area contributed by atoms with Gasteiger partial charge in [-0.15, -0.1) is 0 Å². The maximum Gasteiger partial charge on any atom is 0.0456 e. The van der Waals surface area contributed by atoms with E-state index in [4.69, 9.17) is 0 Å². The molecule has 0 saturated heterocycles. The molecule has 0 bridgehead atoms. The summed E-state index contributed by atoms with van der Waals surface area (Å²) in [5.41, 5.74) is 4.14. The van der Waals surface area contributed by atoms with Gasteiger partial charge in [-0.3, -0.25) is 0 Å². The zero-order chi connectivity index (χ0) is 12.1. The van der Waals surface area contributed by atoms with Crippen molar-refractivity contribution in [2.75, 3.05) is 13.1 Å². The summed E-state index contributed by atoms with van der Waals surface area (Å²) in [6.07, 6.45) is 5.63. The smallest absolute Gasteiger partial charge is 0.0456 e. The third-order valence-corrected chi connectivity index (χ3v) is 3.29. The molecule has 0 saturated carbocycles. The third kappa shape index (κ3) is 2.89. The highest BCUT2D eigenvalue weighted by Crippen LogP contribution is 2.21. The number of hydrogen-bond acceptors (Lipinski definition) is 1. The topological polar surface area (TPSA) is 27.8 Å². The first kappa shape index (κ1) is 12.2. The zero-order valence-corrected chi connectivity index (χ0v) is 10.8. The number of hydrogen-bond donors (Lipinski definition) is 2. The first-order chi connectivity index (χ1) is 8.35. The lowest BCUT2D eigenvalue weighted by Gasteiger charge is -2.02. The van der Waals surface area contributed by atoms with Crippen LogP contribution in [0.2, 0.25) is 0 Å². The molecule has 0 aliphatic carbocycles. The van der Waals surface area contributed by atoms with Gasteiger partial charge in [0.1, 0.15) is 0 Å². The van der Waals surface area contributed by atoms with Crippen LogP contribution < -0.4 is 5.32 Å². The molecule has 0 unspecified atom stereocenters. The van der Waals surface area contributed by atoms with Crippen LogP contribution in [-0.2, 0) is 12.8 Å². The molecular weight excluding hydrogens is 208 g/mol. The van der Waals surface area contributed by atoms with Gasteiger partial charge in [0.2, 0.25) is 0 Å². The molecule has 0 aliphatic heterocycles. The first-order valence-corrected chi connectivity index (χ1v) is 6.64. The monoisotopic (exact) mass is 230 g/mol. The lowest BCUT2D eigenvalue weighted by atomic mass is 10.0. The minimum atomic E-state index is 1.06. The fourth-order valence-corrected chi connectivity index (χ4v) is 2.23. The summed E-state index contributed by atoms with van der Waals surface area (Å²) in [7, 11) is 0. The summed E-state index contributed by atoms with van der Waals surface area (Å²) >= 11 is 0. The maximum atomic E-state index is 3.37. The van der Waals surface area contributed by atoms with Crippen molar-refractivity contribution in [2.24, 2.45) is 0 Å². The average molecular weight is 230 g/mol. The third-order valence-electron chi connectivity index (χ3n) is 3.29. The van der Waals surface area contributed by atoms with Gasteiger partial charge in [0.05, 0.1) is 0 Å². The van der Waals surface area contributed by atoms with Crippen molar-refractivity contribution in [3.05, 3.63) is 35.5 Å². The fraction of sp³-hybridized carbons (Fsp3) is 0.467. The zero-order valence-electron chi connectivity index (χ0n) is 10.8. The van der Waals surface area contributed by atoms with E-state index in [1.807, 2.05) is 0 Å². The largest absolute Gasteiger partial charge is 0.361 e. The van der Waals surface area contributed by atoms with Gasteiger partial charge in [0, 0.05) is 17.1 Å². The molecule has 0 amide bonds. The van der Waals surface area contributed by atoms with E-state index >= 15 is 0 Å². The van der Waals surface area contributed by atoms with Gasteiger partial charge in [-0.25, -0.2) is 0 Å². The quantitative estimate of drug-likeness (QED) is 0.732. The summed E-state index contributed by atoms with van der Waals surface area (Å²) < 4.78 is 0. The molecule has 2 N–H and O–H groups in total. The molecular formula is C15H22N2. The maximum absolute atomic E-state index is 3.37. The average Bonchev–Trinajstić information content (AvgIpc) is 2.77. The van der Waals surface area contributed by atoms with Crippen molar-refractivity contribution in [2.45, 2.75) is 33.1 Å². The standard InChI is InChI=1S/C15H22N2/c1-3-12-7-8-15-14(10-12)13(11-17-15)6-5-9-16-4-2/h7-8,10-11,16-17H,3-6,9H2,1-2H3. The van der Waals surface area contributed by atoms with Crippen LogP contribution in [0.1, 0.15) is 31.4 Å². The van der Waals surface area contributed by atoms with Gasteiger partial charge in [-0.1, -0.05) is 19.9 Å². The van der Waals surface area contributed by atoms with Gasteiger partial charge >= 0.3 is 0 Å². The second kappa shape index (κ2) is 5.87. The van der Waals surface area contributed by atoms with Crippen molar-refractivity contribution < 1.29 is 0 Å². The molecule has 0 atom stereocenters. The van der Waals surface area contributed by atoms with Crippen molar-refractivity contribution in [3.63, 3.8) is 0 Å². The minimum Gasteiger partial charge on any atom is -0.361 e.